The maximum atomic E-state index is 11.7. The molecule has 0 saturated carbocycles. The first-order valence-electron chi connectivity index (χ1n) is 9.55. The molecule has 1 unspecified atom stereocenters. The van der Waals surface area contributed by atoms with E-state index in [9.17, 15) is 4.79 Å². The molecule has 3 rings (SSSR count). The highest BCUT2D eigenvalue weighted by Gasteiger charge is 2.34. The van der Waals surface area contributed by atoms with Gasteiger partial charge >= 0.3 is 5.97 Å². The Hall–Kier alpha value is -3.21. The molecule has 5 nitrogen and oxygen atoms in total. The molecule has 0 spiro atoms. The third kappa shape index (κ3) is 3.99. The Kier molecular flexibility index (Phi) is 5.97. The molecule has 0 N–H and O–H groups in total. The number of ether oxygens (including phenoxy) is 2. The molecule has 0 saturated heterocycles. The Morgan fingerprint density at radius 2 is 1.69 bits per heavy atom. The maximum Gasteiger partial charge on any atom is 0.339 e. The van der Waals surface area contributed by atoms with Crippen LogP contribution in [0.2, 0.25) is 0 Å². The predicted molar refractivity (Wildman–Crippen MR) is 113 cm³/mol. The van der Waals surface area contributed by atoms with E-state index in [1.807, 2.05) is 18.3 Å². The van der Waals surface area contributed by atoms with Crippen molar-refractivity contribution in [2.75, 3.05) is 14.2 Å². The smallest absolute Gasteiger partial charge is 0.339 e. The number of rotatable bonds is 6. The second kappa shape index (κ2) is 8.43. The van der Waals surface area contributed by atoms with Crippen LogP contribution in [0, 0.1) is 5.92 Å². The third-order valence-electron chi connectivity index (χ3n) is 5.64. The van der Waals surface area contributed by atoms with E-state index in [0.717, 1.165) is 28.1 Å². The van der Waals surface area contributed by atoms with E-state index in [1.54, 1.807) is 25.6 Å². The molecular weight excluding hydrogens is 364 g/mol. The number of esters is 1. The fraction of sp³-hybridized carbons (Fsp3) is 0.292. The minimum Gasteiger partial charge on any atom is -0.495 e. The molecule has 0 fully saturated rings. The standard InChI is InChI=1S/C24H26N2O3/c1-16(2)24(3,22-11-8-18(14-26-22)23(27)29-5)20-9-6-17(7-10-20)19-12-21(28-4)15-25-13-19/h6-16H,1-5H3. The van der Waals surface area contributed by atoms with Gasteiger partial charge < -0.3 is 9.47 Å². The molecule has 0 bridgehead atoms. The zero-order valence-corrected chi connectivity index (χ0v) is 17.5. The first-order valence-corrected chi connectivity index (χ1v) is 9.55. The van der Waals surface area contributed by atoms with Crippen LogP contribution in [0.4, 0.5) is 0 Å². The van der Waals surface area contributed by atoms with Gasteiger partial charge in [0.1, 0.15) is 5.75 Å². The Morgan fingerprint density at radius 1 is 0.966 bits per heavy atom. The summed E-state index contributed by atoms with van der Waals surface area (Å²) in [4.78, 5) is 20.5. The number of benzene rings is 1. The van der Waals surface area contributed by atoms with Gasteiger partial charge in [0.25, 0.3) is 0 Å². The van der Waals surface area contributed by atoms with Crippen molar-refractivity contribution in [2.45, 2.75) is 26.2 Å². The topological polar surface area (TPSA) is 61.3 Å². The summed E-state index contributed by atoms with van der Waals surface area (Å²) in [6, 6.07) is 14.1. The summed E-state index contributed by atoms with van der Waals surface area (Å²) in [5, 5.41) is 0. The lowest BCUT2D eigenvalue weighted by molar-refractivity contribution is 0.0600. The van der Waals surface area contributed by atoms with Crippen LogP contribution < -0.4 is 4.74 Å². The monoisotopic (exact) mass is 390 g/mol. The second-order valence-electron chi connectivity index (χ2n) is 7.47. The number of aromatic nitrogens is 2. The van der Waals surface area contributed by atoms with Crippen LogP contribution in [0.3, 0.4) is 0 Å². The van der Waals surface area contributed by atoms with Crippen LogP contribution in [-0.2, 0) is 10.2 Å². The van der Waals surface area contributed by atoms with Crippen molar-refractivity contribution in [2.24, 2.45) is 5.92 Å². The van der Waals surface area contributed by atoms with Crippen molar-refractivity contribution in [3.05, 3.63) is 77.9 Å². The van der Waals surface area contributed by atoms with Crippen LogP contribution >= 0.6 is 0 Å². The zero-order valence-electron chi connectivity index (χ0n) is 17.5. The summed E-state index contributed by atoms with van der Waals surface area (Å²) in [6.07, 6.45) is 5.10. The number of hydrogen-bond acceptors (Lipinski definition) is 5. The van der Waals surface area contributed by atoms with Crippen LogP contribution in [0.5, 0.6) is 5.75 Å². The van der Waals surface area contributed by atoms with Gasteiger partial charge in [0, 0.05) is 23.4 Å². The van der Waals surface area contributed by atoms with E-state index in [1.165, 1.54) is 7.11 Å². The van der Waals surface area contributed by atoms with Crippen LogP contribution in [0.1, 0.15) is 42.4 Å². The summed E-state index contributed by atoms with van der Waals surface area (Å²) >= 11 is 0. The molecule has 5 heteroatoms. The molecule has 1 aromatic carbocycles. The highest BCUT2D eigenvalue weighted by atomic mass is 16.5. The lowest BCUT2D eigenvalue weighted by atomic mass is 9.70. The van der Waals surface area contributed by atoms with E-state index >= 15 is 0 Å². The Labute approximate surface area is 171 Å². The van der Waals surface area contributed by atoms with E-state index in [4.69, 9.17) is 9.47 Å². The minimum atomic E-state index is -0.383. The van der Waals surface area contributed by atoms with Crippen LogP contribution in [0.15, 0.2) is 61.1 Å². The lowest BCUT2D eigenvalue weighted by Gasteiger charge is -2.34. The van der Waals surface area contributed by atoms with Gasteiger partial charge in [-0.3, -0.25) is 9.97 Å². The zero-order chi connectivity index (χ0) is 21.0. The molecule has 29 heavy (non-hydrogen) atoms. The fourth-order valence-corrected chi connectivity index (χ4v) is 3.41. The summed E-state index contributed by atoms with van der Waals surface area (Å²) in [7, 11) is 3.00. The number of hydrogen-bond donors (Lipinski definition) is 0. The molecule has 0 aliphatic carbocycles. The number of carbonyl (C=O) groups is 1. The van der Waals surface area contributed by atoms with E-state index in [2.05, 4.69) is 55.0 Å². The molecule has 1 atom stereocenters. The van der Waals surface area contributed by atoms with Crippen molar-refractivity contribution >= 4 is 5.97 Å². The summed E-state index contributed by atoms with van der Waals surface area (Å²) in [5.74, 6) is 0.642. The van der Waals surface area contributed by atoms with Gasteiger partial charge in [-0.25, -0.2) is 4.79 Å². The molecule has 0 radical (unpaired) electrons. The Balaban J connectivity index is 1.97. The van der Waals surface area contributed by atoms with E-state index < -0.39 is 0 Å². The van der Waals surface area contributed by atoms with Crippen molar-refractivity contribution in [1.29, 1.82) is 0 Å². The largest absolute Gasteiger partial charge is 0.495 e. The quantitative estimate of drug-likeness (QED) is 0.560. The highest BCUT2D eigenvalue weighted by Crippen LogP contribution is 2.38. The Morgan fingerprint density at radius 3 is 2.24 bits per heavy atom. The average molecular weight is 390 g/mol. The lowest BCUT2D eigenvalue weighted by Crippen LogP contribution is -2.31. The van der Waals surface area contributed by atoms with Crippen LogP contribution in [0.25, 0.3) is 11.1 Å². The molecule has 3 aromatic rings. The normalized spacial score (nSPS) is 13.0. The number of methoxy groups -OCH3 is 2. The van der Waals surface area contributed by atoms with Gasteiger partial charge in [0.05, 0.1) is 31.7 Å². The molecule has 0 amide bonds. The third-order valence-corrected chi connectivity index (χ3v) is 5.64. The molecule has 2 heterocycles. The van der Waals surface area contributed by atoms with Crippen molar-refractivity contribution < 1.29 is 14.3 Å². The van der Waals surface area contributed by atoms with Gasteiger partial charge in [-0.15, -0.1) is 0 Å². The molecule has 150 valence electrons. The van der Waals surface area contributed by atoms with Crippen molar-refractivity contribution in [3.63, 3.8) is 0 Å². The fourth-order valence-electron chi connectivity index (χ4n) is 3.41. The van der Waals surface area contributed by atoms with Crippen LogP contribution in [-0.4, -0.2) is 30.2 Å². The highest BCUT2D eigenvalue weighted by molar-refractivity contribution is 5.88. The summed E-state index contributed by atoms with van der Waals surface area (Å²) < 4.78 is 10.0. The van der Waals surface area contributed by atoms with Gasteiger partial charge in [-0.2, -0.15) is 0 Å². The molecular formula is C24H26N2O3. The van der Waals surface area contributed by atoms with E-state index in [-0.39, 0.29) is 11.4 Å². The average Bonchev–Trinajstić information content (AvgIpc) is 2.78. The number of carbonyl (C=O) groups excluding carboxylic acids is 1. The predicted octanol–water partition coefficient (Wildman–Crippen LogP) is 4.90. The number of pyridine rings is 2. The van der Waals surface area contributed by atoms with Crippen molar-refractivity contribution in [1.82, 2.24) is 9.97 Å². The van der Waals surface area contributed by atoms with Gasteiger partial charge in [-0.1, -0.05) is 38.1 Å². The summed E-state index contributed by atoms with van der Waals surface area (Å²) in [6.45, 7) is 6.53. The van der Waals surface area contributed by atoms with E-state index in [0.29, 0.717) is 11.5 Å². The van der Waals surface area contributed by atoms with Crippen molar-refractivity contribution in [3.8, 4) is 16.9 Å². The molecule has 0 aliphatic rings. The number of nitrogens with zero attached hydrogens (tertiary/aromatic N) is 2. The minimum absolute atomic E-state index is 0.295. The first-order chi connectivity index (χ1) is 13.9. The maximum absolute atomic E-state index is 11.7. The molecule has 0 aliphatic heterocycles. The molecule has 2 aromatic heterocycles. The SMILES string of the molecule is COC(=O)c1ccc(C(C)(c2ccc(-c3cncc(OC)c3)cc2)C(C)C)nc1. The summed E-state index contributed by atoms with van der Waals surface area (Å²) in [5.41, 5.74) is 4.28. The van der Waals surface area contributed by atoms with Gasteiger partial charge in [-0.05, 0) is 42.2 Å². The first kappa shape index (κ1) is 20.5. The van der Waals surface area contributed by atoms with Gasteiger partial charge in [0.15, 0.2) is 0 Å². The second-order valence-corrected chi connectivity index (χ2v) is 7.47. The Bertz CT molecular complexity index is 982. The van der Waals surface area contributed by atoms with Gasteiger partial charge in [0.2, 0.25) is 0 Å².